The smallest absolute Gasteiger partial charge is 0.241 e. The Bertz CT molecular complexity index is 704. The summed E-state index contributed by atoms with van der Waals surface area (Å²) < 4.78 is 2.37. The van der Waals surface area contributed by atoms with Crippen molar-refractivity contribution in [3.63, 3.8) is 0 Å². The Kier molecular flexibility index (Phi) is 6.44. The Morgan fingerprint density at radius 3 is 2.28 bits per heavy atom. The van der Waals surface area contributed by atoms with Gasteiger partial charge in [-0.2, -0.15) is 0 Å². The molecule has 0 saturated heterocycles. The lowest BCUT2D eigenvalue weighted by molar-refractivity contribution is -0.725. The lowest BCUT2D eigenvalue weighted by atomic mass is 9.83. The van der Waals surface area contributed by atoms with Gasteiger partial charge in [0, 0.05) is 5.92 Å². The van der Waals surface area contributed by atoms with Crippen molar-refractivity contribution >= 4 is 0 Å². The molecule has 0 aliphatic rings. The quantitative estimate of drug-likeness (QED) is 0.397. The molecule has 1 N–H and O–H groups in total. The number of unbranched alkanes of at least 4 members (excludes halogenated alkanes) is 2. The van der Waals surface area contributed by atoms with Gasteiger partial charge in [0.1, 0.15) is 18.4 Å². The van der Waals surface area contributed by atoms with E-state index in [0.29, 0.717) is 12.0 Å². The van der Waals surface area contributed by atoms with E-state index in [9.17, 15) is 0 Å². The van der Waals surface area contributed by atoms with Crippen LogP contribution < -0.4 is 4.57 Å². The Morgan fingerprint density at radius 2 is 1.64 bits per heavy atom. The van der Waals surface area contributed by atoms with E-state index in [1.165, 1.54) is 36.8 Å². The number of nitrogens with zero attached hydrogens (tertiary/aromatic N) is 1. The zero-order chi connectivity index (χ0) is 17.3. The summed E-state index contributed by atoms with van der Waals surface area (Å²) in [6.45, 7) is 2.27. The highest BCUT2D eigenvalue weighted by Gasteiger charge is 2.28. The van der Waals surface area contributed by atoms with Gasteiger partial charge in [-0.25, -0.2) is 4.57 Å². The first kappa shape index (κ1) is 17.5. The summed E-state index contributed by atoms with van der Waals surface area (Å²) in [7, 11) is 0. The summed E-state index contributed by atoms with van der Waals surface area (Å²) in [5, 5.41) is 0. The van der Waals surface area contributed by atoms with Crippen LogP contribution in [0, 0.1) is 0 Å². The molecule has 2 unspecified atom stereocenters. The standard InChI is InChI=1S/C23H28N2/c1-2-3-6-15-23(25-17-16-24-19-25)22(21-13-9-5-10-14-21)18-20-11-7-4-8-12-20/h4-5,7-14,16-17,19,22-23H,2-3,6,15,18H2,1H3/p+1. The summed E-state index contributed by atoms with van der Waals surface area (Å²) in [6.07, 6.45) is 12.4. The first-order chi connectivity index (χ1) is 12.4. The Morgan fingerprint density at radius 1 is 0.920 bits per heavy atom. The van der Waals surface area contributed by atoms with E-state index in [4.69, 9.17) is 0 Å². The van der Waals surface area contributed by atoms with Crippen LogP contribution in [0.4, 0.5) is 0 Å². The van der Waals surface area contributed by atoms with Crippen molar-refractivity contribution in [3.05, 3.63) is 90.5 Å². The van der Waals surface area contributed by atoms with Crippen LogP contribution in [-0.2, 0) is 6.42 Å². The molecule has 0 saturated carbocycles. The molecule has 0 radical (unpaired) electrons. The number of rotatable bonds is 9. The van der Waals surface area contributed by atoms with Crippen LogP contribution >= 0.6 is 0 Å². The highest BCUT2D eigenvalue weighted by molar-refractivity contribution is 5.25. The topological polar surface area (TPSA) is 19.7 Å². The summed E-state index contributed by atoms with van der Waals surface area (Å²) in [6, 6.07) is 22.4. The molecule has 3 aromatic rings. The number of nitrogens with one attached hydrogen (secondary N) is 1. The number of aromatic amines is 1. The van der Waals surface area contributed by atoms with E-state index in [2.05, 4.69) is 89.7 Å². The molecule has 3 rings (SSSR count). The SMILES string of the molecule is CCCCCC(C(Cc1ccccc1)c1ccccc1)[n+]1cc[nH]c1. The Balaban J connectivity index is 1.91. The maximum Gasteiger partial charge on any atom is 0.241 e. The van der Waals surface area contributed by atoms with Crippen LogP contribution in [0.1, 0.15) is 55.7 Å². The molecule has 0 aliphatic carbocycles. The van der Waals surface area contributed by atoms with Crippen molar-refractivity contribution in [1.82, 2.24) is 4.98 Å². The van der Waals surface area contributed by atoms with Gasteiger partial charge in [0.25, 0.3) is 0 Å². The average Bonchev–Trinajstić information content (AvgIpc) is 3.20. The predicted molar refractivity (Wildman–Crippen MR) is 103 cm³/mol. The van der Waals surface area contributed by atoms with Gasteiger partial charge in [0.2, 0.25) is 6.33 Å². The number of hydrogen-bond donors (Lipinski definition) is 1. The molecule has 0 amide bonds. The molecule has 0 spiro atoms. The molecule has 0 aliphatic heterocycles. The van der Waals surface area contributed by atoms with Crippen LogP contribution in [0.15, 0.2) is 79.4 Å². The third kappa shape index (κ3) is 4.82. The van der Waals surface area contributed by atoms with Crippen molar-refractivity contribution < 1.29 is 4.57 Å². The molecule has 25 heavy (non-hydrogen) atoms. The Hall–Kier alpha value is -2.35. The fraction of sp³-hybridized carbons (Fsp3) is 0.348. The molecule has 1 heterocycles. The number of hydrogen-bond acceptors (Lipinski definition) is 0. The maximum absolute atomic E-state index is 3.23. The van der Waals surface area contributed by atoms with Gasteiger partial charge in [-0.15, -0.1) is 0 Å². The largest absolute Gasteiger partial charge is 0.250 e. The van der Waals surface area contributed by atoms with E-state index >= 15 is 0 Å². The minimum Gasteiger partial charge on any atom is -0.250 e. The van der Waals surface area contributed by atoms with E-state index in [1.807, 2.05) is 6.20 Å². The number of H-pyrrole nitrogens is 1. The van der Waals surface area contributed by atoms with Gasteiger partial charge < -0.3 is 0 Å². The van der Waals surface area contributed by atoms with Gasteiger partial charge in [0.05, 0.1) is 0 Å². The van der Waals surface area contributed by atoms with Crippen LogP contribution in [0.3, 0.4) is 0 Å². The summed E-state index contributed by atoms with van der Waals surface area (Å²) in [5.41, 5.74) is 2.84. The summed E-state index contributed by atoms with van der Waals surface area (Å²) in [5.74, 6) is 0.473. The van der Waals surface area contributed by atoms with Gasteiger partial charge >= 0.3 is 0 Å². The van der Waals surface area contributed by atoms with Crippen LogP contribution in [-0.4, -0.2) is 4.98 Å². The lowest BCUT2D eigenvalue weighted by Gasteiger charge is -2.26. The van der Waals surface area contributed by atoms with Crippen molar-refractivity contribution in [2.24, 2.45) is 0 Å². The molecule has 2 nitrogen and oxygen atoms in total. The predicted octanol–water partition coefficient (Wildman–Crippen LogP) is 5.45. The molecular formula is C23H29N2+. The first-order valence-corrected chi connectivity index (χ1v) is 9.51. The van der Waals surface area contributed by atoms with Gasteiger partial charge in [-0.1, -0.05) is 80.4 Å². The molecule has 2 atom stereocenters. The highest BCUT2D eigenvalue weighted by atomic mass is 15.1. The molecule has 0 fully saturated rings. The third-order valence-electron chi connectivity index (χ3n) is 5.04. The molecule has 2 heteroatoms. The molecule has 0 bridgehead atoms. The van der Waals surface area contributed by atoms with Crippen molar-refractivity contribution in [3.8, 4) is 0 Å². The second-order valence-electron chi connectivity index (χ2n) is 6.83. The van der Waals surface area contributed by atoms with Crippen molar-refractivity contribution in [2.45, 2.75) is 51.0 Å². The van der Waals surface area contributed by atoms with Gasteiger partial charge in [-0.05, 0) is 30.4 Å². The number of aromatic nitrogens is 2. The van der Waals surface area contributed by atoms with Crippen LogP contribution in [0.5, 0.6) is 0 Å². The average molecular weight is 333 g/mol. The van der Waals surface area contributed by atoms with Crippen molar-refractivity contribution in [1.29, 1.82) is 0 Å². The second kappa shape index (κ2) is 9.22. The zero-order valence-corrected chi connectivity index (χ0v) is 15.1. The van der Waals surface area contributed by atoms with E-state index in [-0.39, 0.29) is 0 Å². The van der Waals surface area contributed by atoms with Crippen molar-refractivity contribution in [2.75, 3.05) is 0 Å². The number of benzene rings is 2. The fourth-order valence-corrected chi connectivity index (χ4v) is 3.71. The van der Waals surface area contributed by atoms with Crippen LogP contribution in [0.2, 0.25) is 0 Å². The van der Waals surface area contributed by atoms with E-state index in [1.54, 1.807) is 0 Å². The van der Waals surface area contributed by atoms with Gasteiger partial charge in [-0.3, -0.25) is 4.98 Å². The molecule has 1 aromatic heterocycles. The third-order valence-corrected chi connectivity index (χ3v) is 5.04. The molecule has 130 valence electrons. The lowest BCUT2D eigenvalue weighted by Crippen LogP contribution is -2.41. The summed E-state index contributed by atoms with van der Waals surface area (Å²) in [4.78, 5) is 3.23. The molecular weight excluding hydrogens is 304 g/mol. The monoisotopic (exact) mass is 333 g/mol. The first-order valence-electron chi connectivity index (χ1n) is 9.51. The highest BCUT2D eigenvalue weighted by Crippen LogP contribution is 2.32. The van der Waals surface area contributed by atoms with E-state index < -0.39 is 0 Å². The fourth-order valence-electron chi connectivity index (χ4n) is 3.71. The zero-order valence-electron chi connectivity index (χ0n) is 15.1. The molecule has 2 aromatic carbocycles. The van der Waals surface area contributed by atoms with Crippen LogP contribution in [0.25, 0.3) is 0 Å². The van der Waals surface area contributed by atoms with E-state index in [0.717, 1.165) is 6.42 Å². The minimum atomic E-state index is 0.473. The maximum atomic E-state index is 3.23. The number of imidazole rings is 1. The van der Waals surface area contributed by atoms with Gasteiger partial charge in [0.15, 0.2) is 0 Å². The summed E-state index contributed by atoms with van der Waals surface area (Å²) >= 11 is 0. The Labute approximate surface area is 151 Å². The second-order valence-corrected chi connectivity index (χ2v) is 6.83. The minimum absolute atomic E-state index is 0.473. The normalized spacial score (nSPS) is 13.5.